The number of aryl methyl sites for hydroxylation is 1. The second-order valence-corrected chi connectivity index (χ2v) is 7.50. The summed E-state index contributed by atoms with van der Waals surface area (Å²) < 4.78 is 20.1. The Kier molecular flexibility index (Phi) is 8.13. The second-order valence-electron chi connectivity index (χ2n) is 7.50. The molecule has 0 atom stereocenters. The maximum absolute atomic E-state index is 14.2. The molecule has 3 aromatic rings. The van der Waals surface area contributed by atoms with Gasteiger partial charge in [0.15, 0.2) is 0 Å². The van der Waals surface area contributed by atoms with E-state index in [1.54, 1.807) is 12.1 Å². The molecule has 154 valence electrons. The molecular formula is C25H23FNNaO3. The van der Waals surface area contributed by atoms with Gasteiger partial charge in [-0.25, -0.2) is 4.39 Å². The van der Waals surface area contributed by atoms with Crippen LogP contribution in [0.4, 0.5) is 10.1 Å². The number of benzene rings is 3. The zero-order valence-corrected chi connectivity index (χ0v) is 19.6. The third-order valence-electron chi connectivity index (χ3n) is 5.40. The summed E-state index contributed by atoms with van der Waals surface area (Å²) in [7, 11) is 0. The van der Waals surface area contributed by atoms with Crippen molar-refractivity contribution < 1.29 is 48.6 Å². The Hall–Kier alpha value is -2.34. The van der Waals surface area contributed by atoms with E-state index in [0.717, 1.165) is 25.1 Å². The number of fused-ring (bicyclic) bond motifs is 1. The van der Waals surface area contributed by atoms with E-state index in [1.165, 1.54) is 22.9 Å². The fourth-order valence-corrected chi connectivity index (χ4v) is 3.92. The van der Waals surface area contributed by atoms with Gasteiger partial charge in [0.05, 0.1) is 0 Å². The standard InChI is InChI=1S/C25H24FNO3.Na/c26-23-15-22(11-9-19(23)10-12-24(28)29)30-17-21-8-4-7-20-13-14-27(25(20)21)16-18-5-2-1-3-6-18;/h1-9,11,15H,10,12-14,16-17H2,(H,28,29);/q;+1/p-1. The number of nitrogens with zero attached hydrogens (tertiary/aromatic N) is 1. The van der Waals surface area contributed by atoms with Crippen molar-refractivity contribution in [1.82, 2.24) is 0 Å². The summed E-state index contributed by atoms with van der Waals surface area (Å²) in [6.07, 6.45) is 0.900. The molecule has 0 spiro atoms. The summed E-state index contributed by atoms with van der Waals surface area (Å²) in [5, 5.41) is 10.6. The maximum Gasteiger partial charge on any atom is 1.00 e. The van der Waals surface area contributed by atoms with Crippen molar-refractivity contribution >= 4 is 11.7 Å². The Labute approximate surface area is 204 Å². The van der Waals surface area contributed by atoms with Gasteiger partial charge in [-0.3, -0.25) is 0 Å². The molecule has 0 aromatic heterocycles. The average molecular weight is 427 g/mol. The summed E-state index contributed by atoms with van der Waals surface area (Å²) in [5.74, 6) is -1.22. The number of rotatable bonds is 8. The zero-order valence-electron chi connectivity index (χ0n) is 17.6. The normalized spacial score (nSPS) is 12.2. The molecule has 0 saturated heterocycles. The Balaban J connectivity index is 0.00000272. The van der Waals surface area contributed by atoms with E-state index in [2.05, 4.69) is 23.1 Å². The summed E-state index contributed by atoms with van der Waals surface area (Å²) >= 11 is 0. The predicted octanol–water partition coefficient (Wildman–Crippen LogP) is 0.654. The van der Waals surface area contributed by atoms with Gasteiger partial charge in [-0.1, -0.05) is 54.6 Å². The van der Waals surface area contributed by atoms with Crippen LogP contribution in [0.5, 0.6) is 5.75 Å². The van der Waals surface area contributed by atoms with Gasteiger partial charge in [0, 0.05) is 36.4 Å². The molecule has 4 nitrogen and oxygen atoms in total. The van der Waals surface area contributed by atoms with E-state index >= 15 is 0 Å². The van der Waals surface area contributed by atoms with Crippen LogP contribution in [0.3, 0.4) is 0 Å². The van der Waals surface area contributed by atoms with Gasteiger partial charge in [0.2, 0.25) is 0 Å². The number of ether oxygens (including phenoxy) is 1. The first-order valence-electron chi connectivity index (χ1n) is 10.1. The molecule has 0 radical (unpaired) electrons. The van der Waals surface area contributed by atoms with Crippen LogP contribution in [0.25, 0.3) is 0 Å². The van der Waals surface area contributed by atoms with Crippen LogP contribution >= 0.6 is 0 Å². The molecule has 1 heterocycles. The van der Waals surface area contributed by atoms with Crippen LogP contribution in [0, 0.1) is 5.82 Å². The minimum absolute atomic E-state index is 0. The van der Waals surface area contributed by atoms with Gasteiger partial charge in [-0.2, -0.15) is 0 Å². The number of aliphatic carboxylic acids is 1. The Morgan fingerprint density at radius 3 is 2.58 bits per heavy atom. The number of carboxylic acid groups (broad SMARTS) is 1. The van der Waals surface area contributed by atoms with E-state index in [-0.39, 0.29) is 42.4 Å². The monoisotopic (exact) mass is 427 g/mol. The van der Waals surface area contributed by atoms with Crippen LogP contribution in [-0.2, 0) is 30.8 Å². The van der Waals surface area contributed by atoms with E-state index in [9.17, 15) is 14.3 Å². The van der Waals surface area contributed by atoms with Gasteiger partial charge >= 0.3 is 29.6 Å². The molecule has 0 saturated carbocycles. The Bertz CT molecular complexity index is 1040. The van der Waals surface area contributed by atoms with Crippen molar-refractivity contribution in [2.24, 2.45) is 0 Å². The molecule has 0 fully saturated rings. The fraction of sp³-hybridized carbons (Fsp3) is 0.240. The number of para-hydroxylation sites is 1. The van der Waals surface area contributed by atoms with E-state index in [1.807, 2.05) is 30.3 Å². The number of carboxylic acids is 1. The molecule has 0 aliphatic carbocycles. The molecule has 0 amide bonds. The smallest absolute Gasteiger partial charge is 0.550 e. The number of anilines is 1. The van der Waals surface area contributed by atoms with Crippen LogP contribution in [-0.4, -0.2) is 12.5 Å². The molecule has 4 rings (SSSR count). The van der Waals surface area contributed by atoms with E-state index < -0.39 is 11.8 Å². The third kappa shape index (κ3) is 5.88. The number of hydrogen-bond acceptors (Lipinski definition) is 4. The summed E-state index contributed by atoms with van der Waals surface area (Å²) in [6, 6.07) is 21.2. The predicted molar refractivity (Wildman–Crippen MR) is 112 cm³/mol. The molecule has 1 aliphatic rings. The van der Waals surface area contributed by atoms with Crippen molar-refractivity contribution in [1.29, 1.82) is 0 Å². The van der Waals surface area contributed by atoms with Crippen LogP contribution in [0.2, 0.25) is 0 Å². The average Bonchev–Trinajstić information content (AvgIpc) is 3.15. The van der Waals surface area contributed by atoms with E-state index in [4.69, 9.17) is 4.74 Å². The SMILES string of the molecule is O=C([O-])CCc1ccc(OCc2cccc3c2N(Cc2ccccc2)CC3)cc1F.[Na+]. The summed E-state index contributed by atoms with van der Waals surface area (Å²) in [4.78, 5) is 13.0. The van der Waals surface area contributed by atoms with Gasteiger partial charge in [0.1, 0.15) is 18.2 Å². The van der Waals surface area contributed by atoms with Crippen molar-refractivity contribution in [3.8, 4) is 5.75 Å². The van der Waals surface area contributed by atoms with Gasteiger partial charge in [-0.05, 0) is 42.0 Å². The molecule has 0 bridgehead atoms. The molecule has 31 heavy (non-hydrogen) atoms. The first kappa shape index (κ1) is 23.3. The summed E-state index contributed by atoms with van der Waals surface area (Å²) in [5.41, 5.74) is 5.18. The van der Waals surface area contributed by atoms with Crippen LogP contribution < -0.4 is 44.3 Å². The Morgan fingerprint density at radius 2 is 1.84 bits per heavy atom. The maximum atomic E-state index is 14.2. The molecule has 0 unspecified atom stereocenters. The summed E-state index contributed by atoms with van der Waals surface area (Å²) in [6.45, 7) is 2.14. The van der Waals surface area contributed by atoms with Crippen molar-refractivity contribution in [2.45, 2.75) is 32.4 Å². The molecule has 3 aromatic carbocycles. The van der Waals surface area contributed by atoms with Gasteiger partial charge in [0.25, 0.3) is 0 Å². The van der Waals surface area contributed by atoms with Gasteiger partial charge in [-0.15, -0.1) is 0 Å². The van der Waals surface area contributed by atoms with Crippen molar-refractivity contribution in [3.05, 3.63) is 94.8 Å². The quantitative estimate of drug-likeness (QED) is 0.496. The number of hydrogen-bond donors (Lipinski definition) is 0. The molecule has 0 N–H and O–H groups in total. The van der Waals surface area contributed by atoms with Crippen LogP contribution in [0.15, 0.2) is 66.7 Å². The minimum Gasteiger partial charge on any atom is -0.550 e. The molecule has 1 aliphatic heterocycles. The third-order valence-corrected chi connectivity index (χ3v) is 5.40. The minimum atomic E-state index is -1.19. The first-order chi connectivity index (χ1) is 14.6. The topological polar surface area (TPSA) is 52.6 Å². The molecule has 6 heteroatoms. The van der Waals surface area contributed by atoms with Crippen LogP contribution in [0.1, 0.15) is 28.7 Å². The van der Waals surface area contributed by atoms with Crippen molar-refractivity contribution in [3.63, 3.8) is 0 Å². The number of carbonyl (C=O) groups is 1. The van der Waals surface area contributed by atoms with Crippen molar-refractivity contribution in [2.75, 3.05) is 11.4 Å². The molecular weight excluding hydrogens is 404 g/mol. The van der Waals surface area contributed by atoms with Gasteiger partial charge < -0.3 is 19.5 Å². The first-order valence-corrected chi connectivity index (χ1v) is 10.1. The number of carbonyl (C=O) groups excluding carboxylic acids is 1. The second kappa shape index (κ2) is 10.8. The Morgan fingerprint density at radius 1 is 1.03 bits per heavy atom. The van der Waals surface area contributed by atoms with E-state index in [0.29, 0.717) is 17.9 Å². The largest absolute Gasteiger partial charge is 1.00 e. The fourth-order valence-electron chi connectivity index (χ4n) is 3.92. The number of halogens is 1. The zero-order chi connectivity index (χ0) is 20.9.